The molecule has 19 heavy (non-hydrogen) atoms. The van der Waals surface area contributed by atoms with E-state index >= 15 is 0 Å². The number of aliphatic imine (C=N–C) groups is 1. The first-order valence-corrected chi connectivity index (χ1v) is 6.72. The van der Waals surface area contributed by atoms with Gasteiger partial charge in [-0.05, 0) is 25.8 Å². The number of likely N-dealkylation sites (N-methyl/N-ethyl adjacent to an activating group) is 1. The van der Waals surface area contributed by atoms with Gasteiger partial charge in [0.1, 0.15) is 6.17 Å². The van der Waals surface area contributed by atoms with Gasteiger partial charge in [0, 0.05) is 25.9 Å². The van der Waals surface area contributed by atoms with Crippen molar-refractivity contribution in [2.45, 2.75) is 32.5 Å². The van der Waals surface area contributed by atoms with E-state index in [0.717, 1.165) is 25.3 Å². The number of ether oxygens (including phenoxy) is 1. The summed E-state index contributed by atoms with van der Waals surface area (Å²) in [6, 6.07) is 0.423. The van der Waals surface area contributed by atoms with Gasteiger partial charge in [0.05, 0.1) is 25.2 Å². The zero-order valence-corrected chi connectivity index (χ0v) is 11.9. The fourth-order valence-electron chi connectivity index (χ4n) is 2.28. The van der Waals surface area contributed by atoms with E-state index < -0.39 is 0 Å². The van der Waals surface area contributed by atoms with Crippen LogP contribution < -0.4 is 10.6 Å². The molecule has 0 aromatic heterocycles. The van der Waals surface area contributed by atoms with Crippen molar-refractivity contribution in [1.82, 2.24) is 15.6 Å². The van der Waals surface area contributed by atoms with Crippen molar-refractivity contribution in [2.24, 2.45) is 10.1 Å². The molecule has 0 radical (unpaired) electrons. The first-order chi connectivity index (χ1) is 9.20. The zero-order chi connectivity index (χ0) is 13.7. The van der Waals surface area contributed by atoms with Gasteiger partial charge in [-0.25, -0.2) is 4.99 Å². The van der Waals surface area contributed by atoms with Gasteiger partial charge in [-0.2, -0.15) is 5.10 Å². The highest BCUT2D eigenvalue weighted by molar-refractivity contribution is 5.60. The third-order valence-corrected chi connectivity index (χ3v) is 3.37. The van der Waals surface area contributed by atoms with Gasteiger partial charge in [0.25, 0.3) is 0 Å². The molecule has 0 saturated carbocycles. The van der Waals surface area contributed by atoms with Crippen LogP contribution in [0.3, 0.4) is 0 Å². The second-order valence-corrected chi connectivity index (χ2v) is 4.90. The second kappa shape index (κ2) is 6.68. The quantitative estimate of drug-likeness (QED) is 0.562. The van der Waals surface area contributed by atoms with E-state index in [-0.39, 0.29) is 6.17 Å². The molecule has 1 fully saturated rings. The lowest BCUT2D eigenvalue weighted by molar-refractivity contribution is 0.188. The molecule has 0 aromatic rings. The lowest BCUT2D eigenvalue weighted by Crippen LogP contribution is -2.49. The molecule has 0 aromatic carbocycles. The monoisotopic (exact) mass is 265 g/mol. The molecule has 2 rings (SSSR count). The van der Waals surface area contributed by atoms with Crippen LogP contribution in [0.5, 0.6) is 0 Å². The number of hydrogen-bond donors (Lipinski definition) is 2. The molecule has 106 valence electrons. The Labute approximate surface area is 114 Å². The molecule has 1 unspecified atom stereocenters. The number of hydrazone groups is 1. The smallest absolute Gasteiger partial charge is 0.102 e. The first-order valence-electron chi connectivity index (χ1n) is 6.72. The van der Waals surface area contributed by atoms with Gasteiger partial charge in [-0.3, -0.25) is 10.3 Å². The third kappa shape index (κ3) is 3.78. The largest absolute Gasteiger partial charge is 0.380 e. The van der Waals surface area contributed by atoms with E-state index in [1.807, 2.05) is 19.0 Å². The summed E-state index contributed by atoms with van der Waals surface area (Å²) in [5.74, 6) is 0. The molecular formula is C13H23N5O. The Morgan fingerprint density at radius 3 is 3.21 bits per heavy atom. The first kappa shape index (κ1) is 14.0. The standard InChI is InChI=1S/C13H23N5O/c1-4-16-18(3)7-12-10(2)13(15-9-14-12)17-11-5-6-19-8-11/h4,9,11,13,17H,5-8H2,1-3H3,(H,14,15)/b16-4-/t11-,13?/m1/s1. The summed E-state index contributed by atoms with van der Waals surface area (Å²) in [6.45, 7) is 6.37. The van der Waals surface area contributed by atoms with Crippen molar-refractivity contribution >= 4 is 12.6 Å². The van der Waals surface area contributed by atoms with E-state index in [2.05, 4.69) is 27.7 Å². The highest BCUT2D eigenvalue weighted by Crippen LogP contribution is 2.15. The summed E-state index contributed by atoms with van der Waals surface area (Å²) in [7, 11) is 1.95. The molecule has 0 spiro atoms. The summed E-state index contributed by atoms with van der Waals surface area (Å²) in [6.07, 6.45) is 4.75. The molecule has 1 saturated heterocycles. The topological polar surface area (TPSA) is 61.2 Å². The van der Waals surface area contributed by atoms with Crippen LogP contribution in [0.25, 0.3) is 0 Å². The van der Waals surface area contributed by atoms with Crippen molar-refractivity contribution in [2.75, 3.05) is 26.8 Å². The van der Waals surface area contributed by atoms with Gasteiger partial charge >= 0.3 is 0 Å². The number of hydrogen-bond acceptors (Lipinski definition) is 6. The summed E-state index contributed by atoms with van der Waals surface area (Å²) < 4.78 is 5.39. The summed E-state index contributed by atoms with van der Waals surface area (Å²) in [5.41, 5.74) is 2.27. The van der Waals surface area contributed by atoms with Crippen LogP contribution in [-0.4, -0.2) is 56.6 Å². The van der Waals surface area contributed by atoms with E-state index in [9.17, 15) is 0 Å². The molecule has 2 atom stereocenters. The minimum Gasteiger partial charge on any atom is -0.380 e. The normalized spacial score (nSPS) is 27.1. The van der Waals surface area contributed by atoms with Crippen molar-refractivity contribution in [3.63, 3.8) is 0 Å². The average molecular weight is 265 g/mol. The van der Waals surface area contributed by atoms with Crippen LogP contribution in [0.4, 0.5) is 0 Å². The zero-order valence-electron chi connectivity index (χ0n) is 11.9. The predicted molar refractivity (Wildman–Crippen MR) is 77.3 cm³/mol. The Hall–Kier alpha value is -1.40. The molecular weight excluding hydrogens is 242 g/mol. The van der Waals surface area contributed by atoms with Crippen LogP contribution in [0.1, 0.15) is 20.3 Å². The fraction of sp³-hybridized carbons (Fsp3) is 0.692. The maximum absolute atomic E-state index is 5.39. The van der Waals surface area contributed by atoms with Gasteiger partial charge < -0.3 is 10.1 Å². The Kier molecular flexibility index (Phi) is 4.93. The van der Waals surface area contributed by atoms with E-state index in [0.29, 0.717) is 12.6 Å². The number of nitrogens with zero attached hydrogens (tertiary/aromatic N) is 3. The van der Waals surface area contributed by atoms with E-state index in [1.54, 1.807) is 12.6 Å². The van der Waals surface area contributed by atoms with Crippen LogP contribution in [0.15, 0.2) is 21.4 Å². The predicted octanol–water partition coefficient (Wildman–Crippen LogP) is 0.534. The highest BCUT2D eigenvalue weighted by Gasteiger charge is 2.23. The van der Waals surface area contributed by atoms with Crippen molar-refractivity contribution in [3.05, 3.63) is 11.3 Å². The van der Waals surface area contributed by atoms with Gasteiger partial charge in [-0.15, -0.1) is 0 Å². The molecule has 0 amide bonds. The summed E-state index contributed by atoms with van der Waals surface area (Å²) in [4.78, 5) is 4.41. The number of rotatable bonds is 5. The van der Waals surface area contributed by atoms with Crippen molar-refractivity contribution < 1.29 is 4.74 Å². The second-order valence-electron chi connectivity index (χ2n) is 4.90. The minimum atomic E-state index is 0.137. The van der Waals surface area contributed by atoms with Gasteiger partial charge in [-0.1, -0.05) is 0 Å². The average Bonchev–Trinajstić information content (AvgIpc) is 2.87. The molecule has 2 N–H and O–H groups in total. The van der Waals surface area contributed by atoms with Crippen LogP contribution >= 0.6 is 0 Å². The Morgan fingerprint density at radius 2 is 2.53 bits per heavy atom. The third-order valence-electron chi connectivity index (χ3n) is 3.37. The molecule has 2 aliphatic heterocycles. The van der Waals surface area contributed by atoms with Crippen LogP contribution in [0, 0.1) is 0 Å². The van der Waals surface area contributed by atoms with Gasteiger partial charge in [0.15, 0.2) is 0 Å². The summed E-state index contributed by atoms with van der Waals surface area (Å²) in [5, 5.41) is 12.9. The Morgan fingerprint density at radius 1 is 1.68 bits per heavy atom. The number of nitrogens with one attached hydrogen (secondary N) is 2. The maximum Gasteiger partial charge on any atom is 0.102 e. The maximum atomic E-state index is 5.39. The van der Waals surface area contributed by atoms with Crippen molar-refractivity contribution in [1.29, 1.82) is 0 Å². The Bertz CT molecular complexity index is 384. The van der Waals surface area contributed by atoms with Crippen LogP contribution in [0.2, 0.25) is 0 Å². The molecule has 0 bridgehead atoms. The summed E-state index contributed by atoms with van der Waals surface area (Å²) >= 11 is 0. The van der Waals surface area contributed by atoms with E-state index in [1.165, 1.54) is 5.57 Å². The SMILES string of the molecule is C/C=N\N(C)CC1=C(C)C(N[C@@H]2CCOC2)NC=N1. The molecule has 0 aliphatic carbocycles. The van der Waals surface area contributed by atoms with E-state index in [4.69, 9.17) is 4.74 Å². The fourth-order valence-corrected chi connectivity index (χ4v) is 2.28. The van der Waals surface area contributed by atoms with Crippen LogP contribution in [-0.2, 0) is 4.74 Å². The van der Waals surface area contributed by atoms with Crippen molar-refractivity contribution in [3.8, 4) is 0 Å². The molecule has 2 heterocycles. The lowest BCUT2D eigenvalue weighted by Gasteiger charge is -2.28. The Balaban J connectivity index is 1.97. The van der Waals surface area contributed by atoms with Gasteiger partial charge in [0.2, 0.25) is 0 Å². The molecule has 6 heteroatoms. The highest BCUT2D eigenvalue weighted by atomic mass is 16.5. The minimum absolute atomic E-state index is 0.137. The molecule has 2 aliphatic rings. The molecule has 6 nitrogen and oxygen atoms in total. The lowest BCUT2D eigenvalue weighted by atomic mass is 10.1.